The summed E-state index contributed by atoms with van der Waals surface area (Å²) in [5.74, 6) is 1.93. The lowest BCUT2D eigenvalue weighted by molar-refractivity contribution is 0.0696. The fourth-order valence-corrected chi connectivity index (χ4v) is 7.47. The molecule has 0 saturated carbocycles. The minimum absolute atomic E-state index is 0.0610. The largest absolute Gasteiger partial charge is 0.493 e. The summed E-state index contributed by atoms with van der Waals surface area (Å²) in [4.78, 5) is 40.6. The molecule has 0 unspecified atom stereocenters. The molecule has 0 fully saturated rings. The van der Waals surface area contributed by atoms with Crippen LogP contribution in [0.15, 0.2) is 76.7 Å². The van der Waals surface area contributed by atoms with Crippen LogP contribution in [0.2, 0.25) is 0 Å². The lowest BCUT2D eigenvalue weighted by atomic mass is 9.93. The van der Waals surface area contributed by atoms with Crippen LogP contribution < -0.4 is 24.7 Å². The molecule has 11 heteroatoms. The highest BCUT2D eigenvalue weighted by Crippen LogP contribution is 2.40. The minimum atomic E-state index is -0.143. The molecule has 0 aliphatic carbocycles. The van der Waals surface area contributed by atoms with E-state index in [1.165, 1.54) is 16.7 Å². The highest BCUT2D eigenvalue weighted by Gasteiger charge is 2.35. The monoisotopic (exact) mass is 699 g/mol. The van der Waals surface area contributed by atoms with E-state index in [2.05, 4.69) is 12.1 Å². The van der Waals surface area contributed by atoms with Gasteiger partial charge in [0.2, 0.25) is 0 Å². The van der Waals surface area contributed by atoms with E-state index in [9.17, 15) is 9.59 Å². The van der Waals surface area contributed by atoms with Crippen molar-refractivity contribution in [1.82, 2.24) is 9.80 Å². The molecule has 0 saturated heterocycles. The van der Waals surface area contributed by atoms with E-state index in [0.717, 1.165) is 31.2 Å². The fourth-order valence-electron chi connectivity index (χ4n) is 7.47. The quantitative estimate of drug-likeness (QED) is 0.148. The van der Waals surface area contributed by atoms with Gasteiger partial charge in [-0.3, -0.25) is 19.6 Å². The van der Waals surface area contributed by atoms with Crippen molar-refractivity contribution in [2.24, 2.45) is 9.98 Å². The zero-order chi connectivity index (χ0) is 35.8. The first-order chi connectivity index (χ1) is 25.4. The second kappa shape index (κ2) is 14.1. The third-order valence-electron chi connectivity index (χ3n) is 10.3. The van der Waals surface area contributed by atoms with Crippen molar-refractivity contribution >= 4 is 41.3 Å². The van der Waals surface area contributed by atoms with E-state index < -0.39 is 0 Å². The number of hydrogen-bond acceptors (Lipinski definition) is 9. The van der Waals surface area contributed by atoms with Gasteiger partial charge in [-0.15, -0.1) is 0 Å². The Morgan fingerprint density at radius 2 is 1.15 bits per heavy atom. The predicted molar refractivity (Wildman–Crippen MR) is 199 cm³/mol. The van der Waals surface area contributed by atoms with Crippen LogP contribution in [0.25, 0.3) is 0 Å². The van der Waals surface area contributed by atoms with E-state index in [1.807, 2.05) is 52.6 Å². The molecule has 4 aliphatic heterocycles. The van der Waals surface area contributed by atoms with E-state index in [0.29, 0.717) is 83.9 Å². The first kappa shape index (κ1) is 33.3. The highest BCUT2D eigenvalue weighted by atomic mass is 16.5. The number of nitrogens with two attached hydrogens (primary N) is 1. The summed E-state index contributed by atoms with van der Waals surface area (Å²) in [6, 6.07) is 20.9. The second-order valence-electron chi connectivity index (χ2n) is 13.6. The number of aliphatic imine (C=N–C) groups is 2. The van der Waals surface area contributed by atoms with Gasteiger partial charge in [0.15, 0.2) is 23.0 Å². The van der Waals surface area contributed by atoms with Gasteiger partial charge < -0.3 is 34.5 Å². The van der Waals surface area contributed by atoms with Crippen molar-refractivity contribution in [3.05, 3.63) is 100 Å². The standard InChI is InChI=1S/C41H41N5O6/c1-49-36-17-32-34(43-21-30-15-25-8-4-5-9-27(25)23-45(30)40(32)47)19-38(36)51-12-6-3-7-13-52-39-20-35-33(18-37(39)50-2)41(48)46-24-28-14-29(42)11-10-26(28)16-31(46)22-44-35/h4-5,8-11,14,17-22,30-31H,3,6-7,12-13,15-16,23-24,42H2,1-2H3/t30-,31-/m0/s1. The van der Waals surface area contributed by atoms with Crippen molar-refractivity contribution in [2.75, 3.05) is 33.2 Å². The number of benzene rings is 4. The number of amides is 2. The number of ether oxygens (including phenoxy) is 4. The van der Waals surface area contributed by atoms with E-state index >= 15 is 0 Å². The van der Waals surface area contributed by atoms with Crippen LogP contribution in [0.3, 0.4) is 0 Å². The molecule has 4 aromatic rings. The van der Waals surface area contributed by atoms with Crippen molar-refractivity contribution < 1.29 is 28.5 Å². The first-order valence-electron chi connectivity index (χ1n) is 17.7. The van der Waals surface area contributed by atoms with Gasteiger partial charge in [-0.25, -0.2) is 0 Å². The Bertz CT molecular complexity index is 2110. The van der Waals surface area contributed by atoms with E-state index in [-0.39, 0.29) is 23.9 Å². The summed E-state index contributed by atoms with van der Waals surface area (Å²) >= 11 is 0. The Morgan fingerprint density at radius 1 is 0.635 bits per heavy atom. The number of methoxy groups -OCH3 is 2. The van der Waals surface area contributed by atoms with Gasteiger partial charge >= 0.3 is 0 Å². The van der Waals surface area contributed by atoms with E-state index in [1.54, 1.807) is 38.5 Å². The zero-order valence-corrected chi connectivity index (χ0v) is 29.3. The molecule has 8 rings (SSSR count). The normalized spacial score (nSPS) is 18.2. The summed E-state index contributed by atoms with van der Waals surface area (Å²) in [6.45, 7) is 1.94. The number of rotatable bonds is 10. The first-order valence-corrected chi connectivity index (χ1v) is 17.7. The van der Waals surface area contributed by atoms with Crippen LogP contribution in [-0.2, 0) is 25.9 Å². The zero-order valence-electron chi connectivity index (χ0n) is 29.3. The Morgan fingerprint density at radius 3 is 1.71 bits per heavy atom. The summed E-state index contributed by atoms with van der Waals surface area (Å²) in [5.41, 5.74) is 13.5. The molecule has 0 spiro atoms. The summed E-state index contributed by atoms with van der Waals surface area (Å²) in [7, 11) is 3.15. The lowest BCUT2D eigenvalue weighted by Gasteiger charge is -2.34. The fraction of sp³-hybridized carbons (Fsp3) is 0.317. The van der Waals surface area contributed by atoms with Crippen LogP contribution in [-0.4, -0.2) is 73.6 Å². The Hall–Kier alpha value is -5.84. The van der Waals surface area contributed by atoms with Crippen molar-refractivity contribution in [2.45, 2.75) is 57.3 Å². The van der Waals surface area contributed by atoms with Crippen molar-refractivity contribution in [3.8, 4) is 23.0 Å². The van der Waals surface area contributed by atoms with Crippen molar-refractivity contribution in [3.63, 3.8) is 0 Å². The number of nitrogen functional groups attached to an aromatic ring is 1. The molecule has 2 amide bonds. The molecule has 11 nitrogen and oxygen atoms in total. The number of hydrogen-bond donors (Lipinski definition) is 1. The van der Waals surface area contributed by atoms with Gasteiger partial charge in [0, 0.05) is 43.3 Å². The smallest absolute Gasteiger partial charge is 0.257 e. The highest BCUT2D eigenvalue weighted by molar-refractivity contribution is 6.04. The molecule has 2 N–H and O–H groups in total. The van der Waals surface area contributed by atoms with Crippen molar-refractivity contribution in [1.29, 1.82) is 0 Å². The van der Waals surface area contributed by atoms with Gasteiger partial charge in [-0.1, -0.05) is 30.3 Å². The molecule has 0 bridgehead atoms. The maximum Gasteiger partial charge on any atom is 0.257 e. The summed E-state index contributed by atoms with van der Waals surface area (Å²) in [6.07, 6.45) is 7.57. The van der Waals surface area contributed by atoms with Gasteiger partial charge in [0.05, 0.1) is 62.0 Å². The van der Waals surface area contributed by atoms with Gasteiger partial charge in [0.1, 0.15) is 0 Å². The number of unbranched alkanes of at least 4 members (excludes halogenated alkanes) is 2. The molecule has 2 atom stereocenters. The molecule has 0 aromatic heterocycles. The molecule has 4 aromatic carbocycles. The number of carbonyl (C=O) groups excluding carboxylic acids is 2. The van der Waals surface area contributed by atoms with Crippen LogP contribution in [0.1, 0.15) is 62.2 Å². The topological polar surface area (TPSA) is 128 Å². The third kappa shape index (κ3) is 6.31. The summed E-state index contributed by atoms with van der Waals surface area (Å²) in [5, 5.41) is 0. The number of anilines is 1. The SMILES string of the molecule is COc1cc2c(cc1OCCCCCOc1cc3c(cc1OC)C(=O)N1Cc4cc(N)ccc4C[C@H]1C=N3)N=C[C@@H]1Cc3ccccc3CN1C2=O. The Balaban J connectivity index is 0.864. The summed E-state index contributed by atoms with van der Waals surface area (Å²) < 4.78 is 23.6. The molecular formula is C41H41N5O6. The number of fused-ring (bicyclic) bond motifs is 6. The molecule has 0 radical (unpaired) electrons. The van der Waals surface area contributed by atoms with Crippen LogP contribution in [0.4, 0.5) is 17.1 Å². The predicted octanol–water partition coefficient (Wildman–Crippen LogP) is 6.48. The Kier molecular flexibility index (Phi) is 9.00. The van der Waals surface area contributed by atoms with Gasteiger partial charge in [0.25, 0.3) is 11.8 Å². The lowest BCUT2D eigenvalue weighted by Crippen LogP contribution is -2.44. The van der Waals surface area contributed by atoms with Crippen LogP contribution in [0, 0.1) is 0 Å². The van der Waals surface area contributed by atoms with Gasteiger partial charge in [-0.05, 0) is 78.6 Å². The average molecular weight is 700 g/mol. The molecular weight excluding hydrogens is 658 g/mol. The molecule has 266 valence electrons. The second-order valence-corrected chi connectivity index (χ2v) is 13.6. The van der Waals surface area contributed by atoms with Gasteiger partial charge in [-0.2, -0.15) is 0 Å². The molecule has 4 aliphatic rings. The number of carbonyl (C=O) groups is 2. The number of nitrogens with zero attached hydrogens (tertiary/aromatic N) is 4. The maximum absolute atomic E-state index is 13.7. The third-order valence-corrected chi connectivity index (χ3v) is 10.3. The Labute approximate surface area is 302 Å². The minimum Gasteiger partial charge on any atom is -0.493 e. The van der Waals surface area contributed by atoms with Crippen LogP contribution in [0.5, 0.6) is 23.0 Å². The van der Waals surface area contributed by atoms with E-state index in [4.69, 9.17) is 34.7 Å². The molecule has 52 heavy (non-hydrogen) atoms. The average Bonchev–Trinajstić information content (AvgIpc) is 3.38. The molecule has 4 heterocycles. The van der Waals surface area contributed by atoms with Crippen LogP contribution >= 0.6 is 0 Å². The maximum atomic E-state index is 13.7.